The minimum absolute atomic E-state index is 0.238. The smallest absolute Gasteiger partial charge is 0.0464 e. The summed E-state index contributed by atoms with van der Waals surface area (Å²) in [6.07, 6.45) is 10.2. The van der Waals surface area contributed by atoms with Crippen molar-refractivity contribution in [2.24, 2.45) is 0 Å². The lowest BCUT2D eigenvalue weighted by molar-refractivity contribution is 0.0569. The van der Waals surface area contributed by atoms with Gasteiger partial charge in [0.15, 0.2) is 0 Å². The summed E-state index contributed by atoms with van der Waals surface area (Å²) in [6.45, 7) is 2.19. The van der Waals surface area contributed by atoms with Crippen LogP contribution >= 0.6 is 11.6 Å². The van der Waals surface area contributed by atoms with Gasteiger partial charge in [-0.1, -0.05) is 79.4 Å². The topological polar surface area (TPSA) is 3.24 Å². The molecule has 2 aliphatic rings. The van der Waals surface area contributed by atoms with Crippen molar-refractivity contribution >= 4 is 17.2 Å². The zero-order valence-corrected chi connectivity index (χ0v) is 15.5. The number of rotatable bonds is 3. The van der Waals surface area contributed by atoms with Crippen molar-refractivity contribution in [2.45, 2.75) is 44.1 Å². The Labute approximate surface area is 156 Å². The molecule has 0 aromatic heterocycles. The van der Waals surface area contributed by atoms with E-state index in [2.05, 4.69) is 53.4 Å². The van der Waals surface area contributed by atoms with Crippen LogP contribution in [0.25, 0.3) is 5.57 Å². The number of hydrogen-bond acceptors (Lipinski definition) is 1. The SMILES string of the molecule is Clc1ccc(C2=CCN(C3(c4ccccc4)CCCCC3)CC2)cc1. The molecule has 0 amide bonds. The first-order valence-corrected chi connectivity index (χ1v) is 9.91. The van der Waals surface area contributed by atoms with E-state index in [0.29, 0.717) is 0 Å². The Morgan fingerprint density at radius 2 is 1.56 bits per heavy atom. The third kappa shape index (κ3) is 3.41. The van der Waals surface area contributed by atoms with Gasteiger partial charge in [-0.3, -0.25) is 4.90 Å². The van der Waals surface area contributed by atoms with Crippen LogP contribution in [0, 0.1) is 0 Å². The summed E-state index contributed by atoms with van der Waals surface area (Å²) in [5.74, 6) is 0. The van der Waals surface area contributed by atoms with Gasteiger partial charge in [0.2, 0.25) is 0 Å². The van der Waals surface area contributed by atoms with Crippen LogP contribution in [0.15, 0.2) is 60.7 Å². The van der Waals surface area contributed by atoms with Gasteiger partial charge in [-0.2, -0.15) is 0 Å². The fourth-order valence-corrected chi connectivity index (χ4v) is 4.78. The van der Waals surface area contributed by atoms with E-state index in [9.17, 15) is 0 Å². The minimum Gasteiger partial charge on any atom is -0.290 e. The van der Waals surface area contributed by atoms with Gasteiger partial charge in [0.1, 0.15) is 0 Å². The summed E-state index contributed by atoms with van der Waals surface area (Å²) in [5, 5.41) is 0.812. The standard InChI is InChI=1S/C23H26ClN/c24-22-11-9-19(10-12-22)20-13-17-25(18-14-20)23(15-5-2-6-16-23)21-7-3-1-4-8-21/h1,3-4,7-13H,2,5-6,14-18H2. The van der Waals surface area contributed by atoms with E-state index >= 15 is 0 Å². The monoisotopic (exact) mass is 351 g/mol. The van der Waals surface area contributed by atoms with Crippen LogP contribution in [0.4, 0.5) is 0 Å². The summed E-state index contributed by atoms with van der Waals surface area (Å²) in [4.78, 5) is 2.74. The van der Waals surface area contributed by atoms with Crippen molar-refractivity contribution in [1.82, 2.24) is 4.90 Å². The van der Waals surface area contributed by atoms with Gasteiger partial charge >= 0.3 is 0 Å². The lowest BCUT2D eigenvalue weighted by atomic mass is 9.74. The van der Waals surface area contributed by atoms with Crippen LogP contribution in [0.5, 0.6) is 0 Å². The number of benzene rings is 2. The molecule has 1 saturated carbocycles. The van der Waals surface area contributed by atoms with E-state index in [4.69, 9.17) is 11.6 Å². The summed E-state index contributed by atoms with van der Waals surface area (Å²) < 4.78 is 0. The molecule has 0 atom stereocenters. The van der Waals surface area contributed by atoms with E-state index in [1.165, 1.54) is 48.8 Å². The maximum absolute atomic E-state index is 6.03. The molecule has 1 fully saturated rings. The maximum Gasteiger partial charge on any atom is 0.0464 e. The quantitative estimate of drug-likeness (QED) is 0.628. The van der Waals surface area contributed by atoms with E-state index < -0.39 is 0 Å². The minimum atomic E-state index is 0.238. The Kier molecular flexibility index (Phi) is 4.96. The molecule has 2 aromatic rings. The third-order valence-corrected chi connectivity index (χ3v) is 6.27. The predicted octanol–water partition coefficient (Wildman–Crippen LogP) is 6.29. The number of hydrogen-bond donors (Lipinski definition) is 0. The Balaban J connectivity index is 1.59. The van der Waals surface area contributed by atoms with E-state index in [1.54, 1.807) is 0 Å². The van der Waals surface area contributed by atoms with Crippen LogP contribution in [0.2, 0.25) is 5.02 Å². The largest absolute Gasteiger partial charge is 0.290 e. The van der Waals surface area contributed by atoms with Crippen molar-refractivity contribution < 1.29 is 0 Å². The summed E-state index contributed by atoms with van der Waals surface area (Å²) >= 11 is 6.03. The Morgan fingerprint density at radius 1 is 0.840 bits per heavy atom. The first-order valence-electron chi connectivity index (χ1n) is 9.53. The fraction of sp³-hybridized carbons (Fsp3) is 0.391. The van der Waals surface area contributed by atoms with Gasteiger partial charge in [-0.05, 0) is 48.1 Å². The van der Waals surface area contributed by atoms with Crippen LogP contribution < -0.4 is 0 Å². The highest BCUT2D eigenvalue weighted by Gasteiger charge is 2.39. The third-order valence-electron chi connectivity index (χ3n) is 6.02. The fourth-order valence-electron chi connectivity index (χ4n) is 4.66. The van der Waals surface area contributed by atoms with Gasteiger partial charge in [0.25, 0.3) is 0 Å². The van der Waals surface area contributed by atoms with Gasteiger partial charge in [-0.15, -0.1) is 0 Å². The molecule has 25 heavy (non-hydrogen) atoms. The van der Waals surface area contributed by atoms with Gasteiger partial charge < -0.3 is 0 Å². The molecule has 0 N–H and O–H groups in total. The highest BCUT2D eigenvalue weighted by molar-refractivity contribution is 6.30. The molecular weight excluding hydrogens is 326 g/mol. The zero-order valence-electron chi connectivity index (χ0n) is 14.8. The van der Waals surface area contributed by atoms with E-state index in [0.717, 1.165) is 24.5 Å². The Hall–Kier alpha value is -1.57. The van der Waals surface area contributed by atoms with Crippen LogP contribution in [-0.4, -0.2) is 18.0 Å². The molecule has 2 heteroatoms. The first-order chi connectivity index (χ1) is 12.3. The normalized spacial score (nSPS) is 20.9. The first kappa shape index (κ1) is 16.9. The molecule has 1 aliphatic carbocycles. The molecule has 1 nitrogen and oxygen atoms in total. The molecule has 0 saturated heterocycles. The van der Waals surface area contributed by atoms with Crippen LogP contribution in [-0.2, 0) is 5.54 Å². The molecule has 130 valence electrons. The maximum atomic E-state index is 6.03. The molecule has 0 spiro atoms. The summed E-state index contributed by atoms with van der Waals surface area (Å²) in [7, 11) is 0. The predicted molar refractivity (Wildman–Crippen MR) is 107 cm³/mol. The number of nitrogens with zero attached hydrogens (tertiary/aromatic N) is 1. The van der Waals surface area contributed by atoms with Crippen molar-refractivity contribution in [3.05, 3.63) is 76.8 Å². The van der Waals surface area contributed by atoms with E-state index in [1.807, 2.05) is 12.1 Å². The zero-order chi connectivity index (χ0) is 17.1. The lowest BCUT2D eigenvalue weighted by Gasteiger charge is -2.48. The Morgan fingerprint density at radius 3 is 2.20 bits per heavy atom. The van der Waals surface area contributed by atoms with Crippen LogP contribution in [0.1, 0.15) is 49.7 Å². The number of halogens is 1. The Bertz CT molecular complexity index is 726. The summed E-state index contributed by atoms with van der Waals surface area (Å²) in [5.41, 5.74) is 4.54. The molecule has 1 heterocycles. The highest BCUT2D eigenvalue weighted by atomic mass is 35.5. The lowest BCUT2D eigenvalue weighted by Crippen LogP contribution is -2.49. The second-order valence-corrected chi connectivity index (χ2v) is 7.83. The second-order valence-electron chi connectivity index (χ2n) is 7.39. The van der Waals surface area contributed by atoms with Gasteiger partial charge in [0, 0.05) is 23.7 Å². The average Bonchev–Trinajstić information content (AvgIpc) is 2.70. The molecule has 0 bridgehead atoms. The van der Waals surface area contributed by atoms with Crippen LogP contribution in [0.3, 0.4) is 0 Å². The molecular formula is C23H26ClN. The van der Waals surface area contributed by atoms with Gasteiger partial charge in [0.05, 0.1) is 0 Å². The molecule has 4 rings (SSSR count). The highest BCUT2D eigenvalue weighted by Crippen LogP contribution is 2.43. The van der Waals surface area contributed by atoms with Crippen molar-refractivity contribution in [1.29, 1.82) is 0 Å². The average molecular weight is 352 g/mol. The van der Waals surface area contributed by atoms with E-state index in [-0.39, 0.29) is 5.54 Å². The second kappa shape index (κ2) is 7.35. The molecule has 0 radical (unpaired) electrons. The molecule has 2 aromatic carbocycles. The van der Waals surface area contributed by atoms with Crippen molar-refractivity contribution in [3.63, 3.8) is 0 Å². The molecule has 1 aliphatic heterocycles. The molecule has 0 unspecified atom stereocenters. The van der Waals surface area contributed by atoms with Crippen molar-refractivity contribution in [2.75, 3.05) is 13.1 Å². The van der Waals surface area contributed by atoms with Gasteiger partial charge in [-0.25, -0.2) is 0 Å². The van der Waals surface area contributed by atoms with Crippen molar-refractivity contribution in [3.8, 4) is 0 Å². The summed E-state index contributed by atoms with van der Waals surface area (Å²) in [6, 6.07) is 19.5.